The van der Waals surface area contributed by atoms with E-state index in [4.69, 9.17) is 19.9 Å². The van der Waals surface area contributed by atoms with Crippen molar-refractivity contribution in [3.8, 4) is 17.2 Å². The van der Waals surface area contributed by atoms with Crippen LogP contribution in [-0.2, 0) is 0 Å². The predicted octanol–water partition coefficient (Wildman–Crippen LogP) is 2.40. The third-order valence-electron chi connectivity index (χ3n) is 2.37. The Morgan fingerprint density at radius 2 is 1.39 bits per heavy atom. The van der Waals surface area contributed by atoms with Crippen LogP contribution in [0.2, 0.25) is 0 Å². The molecule has 0 fully saturated rings. The third-order valence-corrected chi connectivity index (χ3v) is 2.37. The van der Waals surface area contributed by atoms with Gasteiger partial charge in [-0.1, -0.05) is 0 Å². The Morgan fingerprint density at radius 3 is 1.78 bits per heavy atom. The van der Waals surface area contributed by atoms with E-state index in [1.807, 2.05) is 0 Å². The second-order valence-electron chi connectivity index (χ2n) is 3.31. The first-order valence-corrected chi connectivity index (χ1v) is 4.88. The normalized spacial score (nSPS) is 11.7. The molecule has 0 bridgehead atoms. The fraction of sp³-hybridized carbons (Fsp3) is 0.455. The maximum Gasteiger partial charge on any atom is 0.257 e. The standard InChI is InChI=1S/C11H15F2NO3.ClH/c1-15-7-5-9(17-3)8(16-2)4-6(7)10(14)11(12)13;/h4-5,10-11H,14H2,1-3H3;1H/t10-;/m0./s1. The van der Waals surface area contributed by atoms with E-state index in [-0.39, 0.29) is 23.7 Å². The van der Waals surface area contributed by atoms with Gasteiger partial charge in [-0.05, 0) is 6.07 Å². The van der Waals surface area contributed by atoms with E-state index in [9.17, 15) is 8.78 Å². The molecule has 2 N–H and O–H groups in total. The predicted molar refractivity (Wildman–Crippen MR) is 66.3 cm³/mol. The molecule has 0 radical (unpaired) electrons. The number of hydrogen-bond acceptors (Lipinski definition) is 4. The minimum atomic E-state index is -2.68. The van der Waals surface area contributed by atoms with Crippen LogP contribution >= 0.6 is 12.4 Å². The summed E-state index contributed by atoms with van der Waals surface area (Å²) in [5.41, 5.74) is 5.58. The van der Waals surface area contributed by atoms with Crippen molar-refractivity contribution in [3.63, 3.8) is 0 Å². The molecule has 1 aromatic carbocycles. The van der Waals surface area contributed by atoms with E-state index >= 15 is 0 Å². The highest BCUT2D eigenvalue weighted by Gasteiger charge is 2.23. The van der Waals surface area contributed by atoms with Crippen molar-refractivity contribution in [2.24, 2.45) is 5.73 Å². The summed E-state index contributed by atoms with van der Waals surface area (Å²) in [6.45, 7) is 0. The summed E-state index contributed by atoms with van der Waals surface area (Å²) in [6.07, 6.45) is -2.68. The highest BCUT2D eigenvalue weighted by atomic mass is 35.5. The quantitative estimate of drug-likeness (QED) is 0.901. The molecule has 1 atom stereocenters. The number of nitrogens with two attached hydrogens (primary N) is 1. The summed E-state index contributed by atoms with van der Waals surface area (Å²) >= 11 is 0. The van der Waals surface area contributed by atoms with Crippen molar-refractivity contribution in [3.05, 3.63) is 17.7 Å². The smallest absolute Gasteiger partial charge is 0.257 e. The molecule has 0 aliphatic rings. The zero-order valence-electron chi connectivity index (χ0n) is 10.3. The Morgan fingerprint density at radius 1 is 0.944 bits per heavy atom. The van der Waals surface area contributed by atoms with Crippen LogP contribution in [0.5, 0.6) is 17.2 Å². The monoisotopic (exact) mass is 283 g/mol. The first-order chi connectivity index (χ1) is 8.04. The summed E-state index contributed by atoms with van der Waals surface area (Å²) in [4.78, 5) is 0. The van der Waals surface area contributed by atoms with Crippen LogP contribution in [0.1, 0.15) is 11.6 Å². The number of benzene rings is 1. The molecule has 0 amide bonds. The van der Waals surface area contributed by atoms with Gasteiger partial charge < -0.3 is 19.9 Å². The second-order valence-corrected chi connectivity index (χ2v) is 3.31. The molecular formula is C11H16ClF2NO3. The Bertz CT molecular complexity index is 391. The number of methoxy groups -OCH3 is 3. The van der Waals surface area contributed by atoms with E-state index < -0.39 is 12.5 Å². The van der Waals surface area contributed by atoms with Crippen LogP contribution in [-0.4, -0.2) is 27.8 Å². The van der Waals surface area contributed by atoms with Crippen LogP contribution in [0.4, 0.5) is 8.78 Å². The minimum absolute atomic E-state index is 0. The molecule has 7 heteroatoms. The molecule has 0 unspecified atom stereocenters. The van der Waals surface area contributed by atoms with Crippen LogP contribution in [0.25, 0.3) is 0 Å². The maximum absolute atomic E-state index is 12.6. The van der Waals surface area contributed by atoms with Gasteiger partial charge in [-0.3, -0.25) is 0 Å². The fourth-order valence-corrected chi connectivity index (χ4v) is 1.45. The van der Waals surface area contributed by atoms with Gasteiger partial charge in [0.2, 0.25) is 0 Å². The topological polar surface area (TPSA) is 53.7 Å². The highest BCUT2D eigenvalue weighted by molar-refractivity contribution is 5.85. The summed E-state index contributed by atoms with van der Waals surface area (Å²) in [6, 6.07) is 1.44. The van der Waals surface area contributed by atoms with Crippen molar-refractivity contribution in [2.45, 2.75) is 12.5 Å². The number of hydrogen-bond donors (Lipinski definition) is 1. The summed E-state index contributed by atoms with van der Waals surface area (Å²) in [5.74, 6) is 0.976. The molecule has 0 aliphatic carbocycles. The molecule has 0 spiro atoms. The van der Waals surface area contributed by atoms with Gasteiger partial charge in [-0.2, -0.15) is 0 Å². The Balaban J connectivity index is 0.00000289. The molecular weight excluding hydrogens is 268 g/mol. The van der Waals surface area contributed by atoms with Gasteiger partial charge in [0, 0.05) is 11.6 Å². The van der Waals surface area contributed by atoms with E-state index in [1.165, 1.54) is 33.5 Å². The lowest BCUT2D eigenvalue weighted by atomic mass is 10.1. The number of halogens is 3. The van der Waals surface area contributed by atoms with Crippen LogP contribution < -0.4 is 19.9 Å². The zero-order valence-corrected chi connectivity index (χ0v) is 11.1. The SMILES string of the molecule is COc1cc(OC)c([C@H](N)C(F)F)cc1OC.Cl. The number of rotatable bonds is 5. The van der Waals surface area contributed by atoms with E-state index in [0.717, 1.165) is 0 Å². The lowest BCUT2D eigenvalue weighted by molar-refractivity contribution is 0.115. The number of ether oxygens (including phenoxy) is 3. The highest BCUT2D eigenvalue weighted by Crippen LogP contribution is 2.38. The Hall–Kier alpha value is -1.27. The van der Waals surface area contributed by atoms with Crippen molar-refractivity contribution < 1.29 is 23.0 Å². The molecule has 18 heavy (non-hydrogen) atoms. The zero-order chi connectivity index (χ0) is 13.0. The van der Waals surface area contributed by atoms with Crippen LogP contribution in [0, 0.1) is 0 Å². The fourth-order valence-electron chi connectivity index (χ4n) is 1.45. The van der Waals surface area contributed by atoms with Crippen molar-refractivity contribution in [1.29, 1.82) is 0 Å². The van der Waals surface area contributed by atoms with Crippen molar-refractivity contribution in [1.82, 2.24) is 0 Å². The summed E-state index contributed by atoms with van der Waals surface area (Å²) in [7, 11) is 4.24. The van der Waals surface area contributed by atoms with Gasteiger partial charge >= 0.3 is 0 Å². The molecule has 4 nitrogen and oxygen atoms in total. The van der Waals surface area contributed by atoms with E-state index in [0.29, 0.717) is 11.5 Å². The first-order valence-electron chi connectivity index (χ1n) is 4.88. The third kappa shape index (κ3) is 3.36. The number of alkyl halides is 2. The molecule has 1 rings (SSSR count). The van der Waals surface area contributed by atoms with Gasteiger partial charge in [-0.25, -0.2) is 8.78 Å². The van der Waals surface area contributed by atoms with E-state index in [1.54, 1.807) is 0 Å². The van der Waals surface area contributed by atoms with Crippen molar-refractivity contribution >= 4 is 12.4 Å². The van der Waals surface area contributed by atoms with Crippen LogP contribution in [0.3, 0.4) is 0 Å². The lowest BCUT2D eigenvalue weighted by Gasteiger charge is -2.17. The Kier molecular flexibility index (Phi) is 6.72. The minimum Gasteiger partial charge on any atom is -0.496 e. The lowest BCUT2D eigenvalue weighted by Crippen LogP contribution is -2.19. The molecule has 0 aromatic heterocycles. The average molecular weight is 284 g/mol. The molecule has 1 aromatic rings. The van der Waals surface area contributed by atoms with Gasteiger partial charge in [0.15, 0.2) is 11.5 Å². The maximum atomic E-state index is 12.6. The van der Waals surface area contributed by atoms with Gasteiger partial charge in [0.25, 0.3) is 6.43 Å². The second kappa shape index (κ2) is 7.23. The molecule has 104 valence electrons. The Labute approximate surface area is 110 Å². The van der Waals surface area contributed by atoms with Crippen molar-refractivity contribution in [2.75, 3.05) is 21.3 Å². The molecule has 0 saturated heterocycles. The van der Waals surface area contributed by atoms with Gasteiger partial charge in [-0.15, -0.1) is 12.4 Å². The summed E-state index contributed by atoms with van der Waals surface area (Å²) in [5, 5.41) is 0. The molecule has 0 saturated carbocycles. The molecule has 0 heterocycles. The first kappa shape index (κ1) is 16.7. The summed E-state index contributed by atoms with van der Waals surface area (Å²) < 4.78 is 40.3. The molecule has 0 aliphatic heterocycles. The van der Waals surface area contributed by atoms with Gasteiger partial charge in [0.05, 0.1) is 27.4 Å². The largest absolute Gasteiger partial charge is 0.496 e. The average Bonchev–Trinajstić information content (AvgIpc) is 2.35. The van der Waals surface area contributed by atoms with Crippen LogP contribution in [0.15, 0.2) is 12.1 Å². The van der Waals surface area contributed by atoms with E-state index in [2.05, 4.69) is 0 Å². The van der Waals surface area contributed by atoms with Gasteiger partial charge in [0.1, 0.15) is 5.75 Å².